The second kappa shape index (κ2) is 5.31. The zero-order chi connectivity index (χ0) is 13.1. The van der Waals surface area contributed by atoms with Crippen molar-refractivity contribution in [2.24, 2.45) is 0 Å². The zero-order valence-corrected chi connectivity index (χ0v) is 11.4. The van der Waals surface area contributed by atoms with Crippen LogP contribution in [0.5, 0.6) is 17.2 Å². The number of phenolic OH excluding ortho intramolecular Hbond substituents is 2. The van der Waals surface area contributed by atoms with E-state index >= 15 is 0 Å². The van der Waals surface area contributed by atoms with Crippen molar-refractivity contribution in [1.29, 1.82) is 0 Å². The molecule has 18 heavy (non-hydrogen) atoms. The fraction of sp³-hybridized carbons (Fsp3) is 0.143. The molecule has 0 saturated carbocycles. The molecule has 2 aromatic rings. The lowest BCUT2D eigenvalue weighted by molar-refractivity contribution is 0.373. The lowest BCUT2D eigenvalue weighted by Gasteiger charge is -2.14. The number of hydrogen-bond donors (Lipinski definition) is 2. The fourth-order valence-corrected chi connectivity index (χ4v) is 2.41. The van der Waals surface area contributed by atoms with E-state index in [1.54, 1.807) is 30.3 Å². The van der Waals surface area contributed by atoms with Crippen LogP contribution in [-0.2, 0) is 0 Å². The van der Waals surface area contributed by atoms with E-state index in [1.807, 2.05) is 12.1 Å². The zero-order valence-electron chi connectivity index (χ0n) is 9.80. The molecule has 2 rings (SSSR count). The number of benzene rings is 2. The summed E-state index contributed by atoms with van der Waals surface area (Å²) in [5.41, 5.74) is 1.66. The fourth-order valence-electron chi connectivity index (χ4n) is 1.73. The van der Waals surface area contributed by atoms with Crippen molar-refractivity contribution in [3.63, 3.8) is 0 Å². The topological polar surface area (TPSA) is 49.7 Å². The average Bonchev–Trinajstić information content (AvgIpc) is 2.39. The molecule has 0 heterocycles. The summed E-state index contributed by atoms with van der Waals surface area (Å²) in [5, 5.41) is 19.4. The Hall–Kier alpha value is -1.68. The molecule has 2 aromatic carbocycles. The molecule has 0 radical (unpaired) electrons. The van der Waals surface area contributed by atoms with Gasteiger partial charge >= 0.3 is 0 Å². The summed E-state index contributed by atoms with van der Waals surface area (Å²) in [6.45, 7) is 0. The van der Waals surface area contributed by atoms with Crippen molar-refractivity contribution in [3.05, 3.63) is 53.6 Å². The first kappa shape index (κ1) is 12.8. The maximum Gasteiger partial charge on any atom is 0.160 e. The SMILES string of the molecule is COc1cc(C(Br)c2ccccc2O)ccc1O. The van der Waals surface area contributed by atoms with Crippen LogP contribution in [-0.4, -0.2) is 17.3 Å². The van der Waals surface area contributed by atoms with E-state index in [-0.39, 0.29) is 16.3 Å². The van der Waals surface area contributed by atoms with Crippen LogP contribution in [0, 0.1) is 0 Å². The van der Waals surface area contributed by atoms with Crippen molar-refractivity contribution in [1.82, 2.24) is 0 Å². The Morgan fingerprint density at radius 1 is 1.06 bits per heavy atom. The highest BCUT2D eigenvalue weighted by Gasteiger charge is 2.15. The smallest absolute Gasteiger partial charge is 0.160 e. The summed E-state index contributed by atoms with van der Waals surface area (Å²) in [4.78, 5) is -0.159. The van der Waals surface area contributed by atoms with Gasteiger partial charge in [-0.15, -0.1) is 0 Å². The Kier molecular flexibility index (Phi) is 3.77. The van der Waals surface area contributed by atoms with Crippen LogP contribution >= 0.6 is 15.9 Å². The number of aromatic hydroxyl groups is 2. The first-order valence-electron chi connectivity index (χ1n) is 5.42. The van der Waals surface area contributed by atoms with Gasteiger partial charge in [0.05, 0.1) is 11.9 Å². The summed E-state index contributed by atoms with van der Waals surface area (Å²) in [6.07, 6.45) is 0. The molecule has 1 atom stereocenters. The maximum atomic E-state index is 9.81. The second-order valence-electron chi connectivity index (χ2n) is 3.85. The number of methoxy groups -OCH3 is 1. The van der Waals surface area contributed by atoms with Gasteiger partial charge in [0.1, 0.15) is 5.75 Å². The lowest BCUT2D eigenvalue weighted by atomic mass is 10.0. The number of phenols is 2. The molecular formula is C14H13BrO3. The minimum absolute atomic E-state index is 0.0956. The van der Waals surface area contributed by atoms with Crippen LogP contribution in [0.3, 0.4) is 0 Å². The highest BCUT2D eigenvalue weighted by atomic mass is 79.9. The number of para-hydroxylation sites is 1. The largest absolute Gasteiger partial charge is 0.508 e. The first-order valence-corrected chi connectivity index (χ1v) is 6.34. The predicted molar refractivity (Wildman–Crippen MR) is 73.5 cm³/mol. The molecule has 2 N–H and O–H groups in total. The summed E-state index contributed by atoms with van der Waals surface area (Å²) in [7, 11) is 1.50. The molecule has 0 bridgehead atoms. The van der Waals surface area contributed by atoms with Crippen LogP contribution in [0.2, 0.25) is 0 Å². The molecule has 0 aromatic heterocycles. The Bertz CT molecular complexity index is 554. The molecule has 3 nitrogen and oxygen atoms in total. The third-order valence-electron chi connectivity index (χ3n) is 2.71. The third kappa shape index (κ3) is 2.43. The Balaban J connectivity index is 2.40. The van der Waals surface area contributed by atoms with E-state index in [0.717, 1.165) is 11.1 Å². The van der Waals surface area contributed by atoms with Crippen LogP contribution in [0.15, 0.2) is 42.5 Å². The van der Waals surface area contributed by atoms with E-state index in [4.69, 9.17) is 4.74 Å². The predicted octanol–water partition coefficient (Wildman–Crippen LogP) is 3.59. The van der Waals surface area contributed by atoms with Gasteiger partial charge in [0.2, 0.25) is 0 Å². The number of hydrogen-bond acceptors (Lipinski definition) is 3. The van der Waals surface area contributed by atoms with Crippen molar-refractivity contribution in [2.45, 2.75) is 4.83 Å². The van der Waals surface area contributed by atoms with Gasteiger partial charge < -0.3 is 14.9 Å². The second-order valence-corrected chi connectivity index (χ2v) is 4.77. The summed E-state index contributed by atoms with van der Waals surface area (Å²) >= 11 is 3.54. The molecule has 0 aliphatic heterocycles. The van der Waals surface area contributed by atoms with E-state index in [9.17, 15) is 10.2 Å². The molecule has 0 fully saturated rings. The minimum atomic E-state index is -0.159. The highest BCUT2D eigenvalue weighted by Crippen LogP contribution is 2.38. The van der Waals surface area contributed by atoms with E-state index in [1.165, 1.54) is 7.11 Å². The standard InChI is InChI=1S/C14H13BrO3/c1-18-13-8-9(6-7-12(13)17)14(15)10-4-2-3-5-11(10)16/h2-8,14,16-17H,1H3. The molecule has 0 aliphatic carbocycles. The van der Waals surface area contributed by atoms with Gasteiger partial charge in [0.25, 0.3) is 0 Å². The summed E-state index contributed by atoms with van der Waals surface area (Å²) in [5.74, 6) is 0.733. The molecular weight excluding hydrogens is 296 g/mol. The summed E-state index contributed by atoms with van der Waals surface area (Å²) < 4.78 is 5.07. The van der Waals surface area contributed by atoms with Gasteiger partial charge in [-0.25, -0.2) is 0 Å². The van der Waals surface area contributed by atoms with Crippen molar-refractivity contribution < 1.29 is 14.9 Å². The molecule has 0 aliphatic rings. The highest BCUT2D eigenvalue weighted by molar-refractivity contribution is 9.09. The van der Waals surface area contributed by atoms with Crippen LogP contribution in [0.25, 0.3) is 0 Å². The quantitative estimate of drug-likeness (QED) is 0.852. The Morgan fingerprint density at radius 2 is 1.78 bits per heavy atom. The Labute approximate surface area is 114 Å². The maximum absolute atomic E-state index is 9.81. The van der Waals surface area contributed by atoms with Gasteiger partial charge in [-0.1, -0.05) is 40.2 Å². The van der Waals surface area contributed by atoms with Crippen LogP contribution in [0.1, 0.15) is 16.0 Å². The van der Waals surface area contributed by atoms with Crippen molar-refractivity contribution in [3.8, 4) is 17.2 Å². The van der Waals surface area contributed by atoms with E-state index < -0.39 is 0 Å². The van der Waals surface area contributed by atoms with E-state index in [0.29, 0.717) is 5.75 Å². The van der Waals surface area contributed by atoms with Gasteiger partial charge in [0.15, 0.2) is 11.5 Å². The van der Waals surface area contributed by atoms with Gasteiger partial charge in [-0.3, -0.25) is 0 Å². The van der Waals surface area contributed by atoms with Gasteiger partial charge in [-0.05, 0) is 23.8 Å². The van der Waals surface area contributed by atoms with Crippen LogP contribution in [0.4, 0.5) is 0 Å². The molecule has 1 unspecified atom stereocenters. The lowest BCUT2D eigenvalue weighted by Crippen LogP contribution is -1.94. The number of alkyl halides is 1. The molecule has 94 valence electrons. The first-order chi connectivity index (χ1) is 8.63. The average molecular weight is 309 g/mol. The summed E-state index contributed by atoms with van der Waals surface area (Å²) in [6, 6.07) is 12.2. The van der Waals surface area contributed by atoms with Crippen molar-refractivity contribution >= 4 is 15.9 Å². The minimum Gasteiger partial charge on any atom is -0.508 e. The monoisotopic (exact) mass is 308 g/mol. The van der Waals surface area contributed by atoms with Crippen LogP contribution < -0.4 is 4.74 Å². The third-order valence-corrected chi connectivity index (χ3v) is 3.73. The molecule has 4 heteroatoms. The molecule has 0 spiro atoms. The number of ether oxygens (including phenoxy) is 1. The number of rotatable bonds is 3. The molecule has 0 amide bonds. The number of halogens is 1. The van der Waals surface area contributed by atoms with Gasteiger partial charge in [0, 0.05) is 5.56 Å². The molecule has 0 saturated heterocycles. The van der Waals surface area contributed by atoms with Crippen molar-refractivity contribution in [2.75, 3.05) is 7.11 Å². The van der Waals surface area contributed by atoms with E-state index in [2.05, 4.69) is 15.9 Å². The Morgan fingerprint density at radius 3 is 2.44 bits per heavy atom. The normalized spacial score (nSPS) is 12.1. The van der Waals surface area contributed by atoms with Gasteiger partial charge in [-0.2, -0.15) is 0 Å².